The summed E-state index contributed by atoms with van der Waals surface area (Å²) < 4.78 is 28.1. The molecule has 1 aliphatic rings. The van der Waals surface area contributed by atoms with Crippen molar-refractivity contribution in [2.24, 2.45) is 0 Å². The van der Waals surface area contributed by atoms with Crippen molar-refractivity contribution < 1.29 is 18.1 Å². The van der Waals surface area contributed by atoms with Gasteiger partial charge in [0.05, 0.1) is 13.2 Å². The molecule has 1 rings (SSSR count). The molecule has 1 aliphatic heterocycles. The van der Waals surface area contributed by atoms with Crippen LogP contribution < -0.4 is 0 Å². The van der Waals surface area contributed by atoms with E-state index in [1.54, 1.807) is 13.8 Å². The monoisotopic (exact) mass is 278 g/mol. The molecule has 0 aliphatic carbocycles. The maximum absolute atomic E-state index is 12.3. The number of hydrogen-bond acceptors (Lipinski definition) is 6. The van der Waals surface area contributed by atoms with Crippen molar-refractivity contribution in [2.75, 3.05) is 26.8 Å². The minimum Gasteiger partial charge on any atom is -0.337 e. The lowest BCUT2D eigenvalue weighted by molar-refractivity contribution is -0.0443. The van der Waals surface area contributed by atoms with E-state index in [2.05, 4.69) is 6.92 Å². The molecular weight excluding hydrogens is 255 g/mol. The molecule has 0 aromatic carbocycles. The van der Waals surface area contributed by atoms with Crippen molar-refractivity contribution >= 4 is 7.82 Å². The zero-order valence-electron chi connectivity index (χ0n) is 11.5. The molecule has 106 valence electrons. The van der Waals surface area contributed by atoms with E-state index in [0.717, 1.165) is 13.0 Å². The van der Waals surface area contributed by atoms with Crippen LogP contribution in [0.5, 0.6) is 0 Å². The Morgan fingerprint density at radius 1 is 1.17 bits per heavy atom. The molecule has 1 unspecified atom stereocenters. The van der Waals surface area contributed by atoms with Crippen LogP contribution in [0.25, 0.3) is 0 Å². The van der Waals surface area contributed by atoms with Gasteiger partial charge in [-0.1, -0.05) is 6.92 Å². The fourth-order valence-electron chi connectivity index (χ4n) is 1.68. The average molecular weight is 278 g/mol. The second kappa shape index (κ2) is 7.14. The van der Waals surface area contributed by atoms with Gasteiger partial charge in [-0.15, -0.1) is 0 Å². The van der Waals surface area contributed by atoms with E-state index in [1.165, 1.54) is 0 Å². The quantitative estimate of drug-likeness (QED) is 0.636. The SMILES string of the molecule is CCCN1C=CN(C)C1OP(=O)(OCC)OCC. The Bertz CT molecular complexity index is 314. The number of phosphoric ester groups is 1. The molecule has 0 saturated carbocycles. The van der Waals surface area contributed by atoms with Gasteiger partial charge in [-0.25, -0.2) is 9.09 Å². The van der Waals surface area contributed by atoms with Gasteiger partial charge in [-0.3, -0.25) is 9.05 Å². The van der Waals surface area contributed by atoms with E-state index in [9.17, 15) is 4.57 Å². The molecule has 0 bridgehead atoms. The van der Waals surface area contributed by atoms with Crippen LogP contribution in [0.1, 0.15) is 27.2 Å². The molecule has 0 saturated heterocycles. The maximum Gasteiger partial charge on any atom is 0.478 e. The second-order valence-electron chi connectivity index (χ2n) is 3.92. The largest absolute Gasteiger partial charge is 0.478 e. The molecule has 0 amide bonds. The van der Waals surface area contributed by atoms with Crippen LogP contribution in [-0.4, -0.2) is 43.0 Å². The van der Waals surface area contributed by atoms with Gasteiger partial charge < -0.3 is 9.80 Å². The Morgan fingerprint density at radius 2 is 1.78 bits per heavy atom. The van der Waals surface area contributed by atoms with Crippen LogP contribution in [0.4, 0.5) is 0 Å². The summed E-state index contributed by atoms with van der Waals surface area (Å²) in [4.78, 5) is 3.80. The summed E-state index contributed by atoms with van der Waals surface area (Å²) in [5, 5.41) is 0. The van der Waals surface area contributed by atoms with Crippen LogP contribution in [0.2, 0.25) is 0 Å². The number of hydrogen-bond donors (Lipinski definition) is 0. The van der Waals surface area contributed by atoms with Crippen molar-refractivity contribution in [2.45, 2.75) is 33.5 Å². The molecular formula is C11H23N2O4P. The van der Waals surface area contributed by atoms with Gasteiger partial charge in [0.25, 0.3) is 0 Å². The zero-order valence-corrected chi connectivity index (χ0v) is 12.4. The van der Waals surface area contributed by atoms with Crippen LogP contribution >= 0.6 is 7.82 Å². The summed E-state index contributed by atoms with van der Waals surface area (Å²) in [7, 11) is -1.63. The zero-order chi connectivity index (χ0) is 13.6. The average Bonchev–Trinajstić information content (AvgIpc) is 2.62. The topological polar surface area (TPSA) is 51.2 Å². The second-order valence-corrected chi connectivity index (χ2v) is 5.54. The van der Waals surface area contributed by atoms with Gasteiger partial charge in [0.15, 0.2) is 0 Å². The summed E-state index contributed by atoms with van der Waals surface area (Å²) in [5.41, 5.74) is 0. The molecule has 1 heterocycles. The molecule has 0 radical (unpaired) electrons. The molecule has 1 atom stereocenters. The fraction of sp³-hybridized carbons (Fsp3) is 0.818. The number of nitrogens with zero attached hydrogens (tertiary/aromatic N) is 2. The smallest absolute Gasteiger partial charge is 0.337 e. The molecule has 6 nitrogen and oxygen atoms in total. The highest BCUT2D eigenvalue weighted by Crippen LogP contribution is 2.51. The van der Waals surface area contributed by atoms with Gasteiger partial charge in [0, 0.05) is 26.0 Å². The standard InChI is InChI=1S/C11H23N2O4P/c1-5-8-13-10-9-12(4)11(13)17-18(14,15-6-2)16-7-3/h9-11H,5-8H2,1-4H3. The number of rotatable bonds is 8. The fourth-order valence-corrected chi connectivity index (χ4v) is 3.01. The highest BCUT2D eigenvalue weighted by atomic mass is 31.2. The first-order chi connectivity index (χ1) is 8.56. The lowest BCUT2D eigenvalue weighted by Gasteiger charge is -2.31. The maximum atomic E-state index is 12.3. The molecule has 0 fully saturated rings. The summed E-state index contributed by atoms with van der Waals surface area (Å²) in [5.74, 6) is 0. The Balaban J connectivity index is 2.69. The van der Waals surface area contributed by atoms with Gasteiger partial charge in [-0.2, -0.15) is 0 Å². The van der Waals surface area contributed by atoms with Crippen LogP contribution in [0.3, 0.4) is 0 Å². The van der Waals surface area contributed by atoms with Crippen LogP contribution in [0, 0.1) is 0 Å². The van der Waals surface area contributed by atoms with Crippen LogP contribution in [0.15, 0.2) is 12.4 Å². The Labute approximate surface area is 109 Å². The molecule has 7 heteroatoms. The van der Waals surface area contributed by atoms with Crippen molar-refractivity contribution in [1.29, 1.82) is 0 Å². The Morgan fingerprint density at radius 3 is 2.28 bits per heavy atom. The summed E-state index contributed by atoms with van der Waals surface area (Å²) in [6, 6.07) is 0. The molecule has 0 spiro atoms. The van der Waals surface area contributed by atoms with Gasteiger partial charge in [0.2, 0.25) is 6.35 Å². The normalized spacial score (nSPS) is 19.9. The van der Waals surface area contributed by atoms with E-state index in [-0.39, 0.29) is 13.2 Å². The highest BCUT2D eigenvalue weighted by molar-refractivity contribution is 7.48. The predicted molar refractivity (Wildman–Crippen MR) is 69.6 cm³/mol. The van der Waals surface area contributed by atoms with Crippen molar-refractivity contribution in [3.05, 3.63) is 12.4 Å². The lowest BCUT2D eigenvalue weighted by atomic mass is 10.4. The van der Waals surface area contributed by atoms with Crippen LogP contribution in [-0.2, 0) is 18.1 Å². The summed E-state index contributed by atoms with van der Waals surface area (Å²) >= 11 is 0. The van der Waals surface area contributed by atoms with E-state index in [4.69, 9.17) is 13.6 Å². The van der Waals surface area contributed by atoms with Crippen molar-refractivity contribution in [3.63, 3.8) is 0 Å². The highest BCUT2D eigenvalue weighted by Gasteiger charge is 2.35. The molecule has 18 heavy (non-hydrogen) atoms. The molecule has 0 aromatic heterocycles. The number of phosphoric acid groups is 1. The van der Waals surface area contributed by atoms with Gasteiger partial charge in [0.1, 0.15) is 0 Å². The molecule has 0 aromatic rings. The molecule has 0 N–H and O–H groups in total. The lowest BCUT2D eigenvalue weighted by Crippen LogP contribution is -2.38. The van der Waals surface area contributed by atoms with E-state index in [1.807, 2.05) is 29.2 Å². The van der Waals surface area contributed by atoms with E-state index in [0.29, 0.717) is 0 Å². The van der Waals surface area contributed by atoms with E-state index < -0.39 is 14.2 Å². The minimum atomic E-state index is -3.49. The third-order valence-corrected chi connectivity index (χ3v) is 4.00. The summed E-state index contributed by atoms with van der Waals surface area (Å²) in [6.07, 6.45) is 4.33. The van der Waals surface area contributed by atoms with Crippen molar-refractivity contribution in [3.8, 4) is 0 Å². The third-order valence-electron chi connectivity index (χ3n) is 2.41. The third kappa shape index (κ3) is 3.99. The summed E-state index contributed by atoms with van der Waals surface area (Å²) in [6.45, 7) is 6.99. The Hall–Kier alpha value is -0.550. The predicted octanol–water partition coefficient (Wildman–Crippen LogP) is 2.60. The first-order valence-corrected chi connectivity index (χ1v) is 7.75. The first kappa shape index (κ1) is 15.5. The Kier molecular flexibility index (Phi) is 6.15. The van der Waals surface area contributed by atoms with E-state index >= 15 is 0 Å². The van der Waals surface area contributed by atoms with Crippen molar-refractivity contribution in [1.82, 2.24) is 9.80 Å². The first-order valence-electron chi connectivity index (χ1n) is 6.29. The van der Waals surface area contributed by atoms with Gasteiger partial charge in [-0.05, 0) is 20.3 Å². The van der Waals surface area contributed by atoms with Gasteiger partial charge >= 0.3 is 7.82 Å². The minimum absolute atomic E-state index is 0.287.